The first-order valence-electron chi connectivity index (χ1n) is 11.4. The Morgan fingerprint density at radius 3 is 2.34 bits per heavy atom. The minimum absolute atomic E-state index is 0.0215. The van der Waals surface area contributed by atoms with Gasteiger partial charge in [-0.05, 0) is 44.9 Å². The van der Waals surface area contributed by atoms with Gasteiger partial charge in [0, 0.05) is 24.7 Å². The number of carbonyl (C=O) groups is 3. The van der Waals surface area contributed by atoms with E-state index in [1.165, 1.54) is 4.90 Å². The van der Waals surface area contributed by atoms with Gasteiger partial charge in [-0.25, -0.2) is 4.79 Å². The number of rotatable bonds is 13. The van der Waals surface area contributed by atoms with Crippen LogP contribution >= 0.6 is 11.6 Å². The molecule has 1 aliphatic rings. The molecule has 1 aliphatic heterocycles. The standard InChI is InChI=1S/C24H34ClN3O7/c1-24(2,3)35-23(32)27-10-12-33-14-15-34-13-11-28-16-19(20(29)22(28)31)21(30)26-9-8-17-4-6-18(25)7-5-17/h4-7,29H,8-16H2,1-3H3,(H,26,30)(H,27,32). The molecule has 0 aromatic heterocycles. The van der Waals surface area contributed by atoms with Crippen LogP contribution in [0.2, 0.25) is 5.02 Å². The van der Waals surface area contributed by atoms with Crippen molar-refractivity contribution in [3.05, 3.63) is 46.2 Å². The van der Waals surface area contributed by atoms with E-state index >= 15 is 0 Å². The molecule has 1 heterocycles. The fourth-order valence-electron chi connectivity index (χ4n) is 3.09. The summed E-state index contributed by atoms with van der Waals surface area (Å²) in [7, 11) is 0. The molecule has 3 amide bonds. The van der Waals surface area contributed by atoms with E-state index in [4.69, 9.17) is 25.8 Å². The summed E-state index contributed by atoms with van der Waals surface area (Å²) in [6.07, 6.45) is 0.0980. The zero-order valence-electron chi connectivity index (χ0n) is 20.4. The number of ether oxygens (including phenoxy) is 3. The third kappa shape index (κ3) is 10.5. The van der Waals surface area contributed by atoms with Crippen molar-refractivity contribution in [3.63, 3.8) is 0 Å². The molecule has 0 fully saturated rings. The number of halogens is 1. The third-order valence-electron chi connectivity index (χ3n) is 4.80. The Labute approximate surface area is 210 Å². The first kappa shape index (κ1) is 28.4. The number of hydrogen-bond donors (Lipinski definition) is 3. The molecule has 0 atom stereocenters. The number of aliphatic hydroxyl groups is 1. The summed E-state index contributed by atoms with van der Waals surface area (Å²) in [6, 6.07) is 7.30. The minimum atomic E-state index is -0.596. The molecule has 3 N–H and O–H groups in total. The molecular weight excluding hydrogens is 478 g/mol. The molecule has 1 aromatic rings. The van der Waals surface area contributed by atoms with E-state index in [1.54, 1.807) is 32.9 Å². The van der Waals surface area contributed by atoms with E-state index in [0.29, 0.717) is 44.4 Å². The lowest BCUT2D eigenvalue weighted by molar-refractivity contribution is -0.128. The zero-order chi connectivity index (χ0) is 25.8. The van der Waals surface area contributed by atoms with Crippen molar-refractivity contribution in [1.29, 1.82) is 0 Å². The lowest BCUT2D eigenvalue weighted by atomic mass is 10.1. The first-order valence-corrected chi connectivity index (χ1v) is 11.8. The van der Waals surface area contributed by atoms with Crippen molar-refractivity contribution in [2.24, 2.45) is 0 Å². The molecular formula is C24H34ClN3O7. The van der Waals surface area contributed by atoms with Crippen molar-refractivity contribution in [3.8, 4) is 0 Å². The van der Waals surface area contributed by atoms with E-state index in [9.17, 15) is 19.5 Å². The molecule has 0 saturated carbocycles. The molecule has 0 bridgehead atoms. The molecule has 10 nitrogen and oxygen atoms in total. The van der Waals surface area contributed by atoms with Gasteiger partial charge in [-0.2, -0.15) is 0 Å². The fourth-order valence-corrected chi connectivity index (χ4v) is 3.22. The van der Waals surface area contributed by atoms with Gasteiger partial charge in [-0.1, -0.05) is 23.7 Å². The van der Waals surface area contributed by atoms with Gasteiger partial charge >= 0.3 is 6.09 Å². The first-order chi connectivity index (χ1) is 16.6. The minimum Gasteiger partial charge on any atom is -0.503 e. The van der Waals surface area contributed by atoms with Crippen LogP contribution in [-0.4, -0.2) is 86.1 Å². The highest BCUT2D eigenvalue weighted by atomic mass is 35.5. The molecule has 0 radical (unpaired) electrons. The summed E-state index contributed by atoms with van der Waals surface area (Å²) in [5.41, 5.74) is 0.508. The Bertz CT molecular complexity index is 897. The van der Waals surface area contributed by atoms with E-state index in [-0.39, 0.29) is 25.3 Å². The van der Waals surface area contributed by atoms with Gasteiger partial charge in [-0.15, -0.1) is 0 Å². The van der Waals surface area contributed by atoms with E-state index < -0.39 is 29.3 Å². The highest BCUT2D eigenvalue weighted by Gasteiger charge is 2.33. The largest absolute Gasteiger partial charge is 0.503 e. The van der Waals surface area contributed by atoms with Crippen molar-refractivity contribution in [2.75, 3.05) is 52.6 Å². The normalized spacial score (nSPS) is 13.8. The van der Waals surface area contributed by atoms with Crippen LogP contribution in [0.3, 0.4) is 0 Å². The van der Waals surface area contributed by atoms with Gasteiger partial charge in [0.1, 0.15) is 5.60 Å². The maximum Gasteiger partial charge on any atom is 0.407 e. The highest BCUT2D eigenvalue weighted by Crippen LogP contribution is 2.17. The number of carbonyl (C=O) groups excluding carboxylic acids is 3. The van der Waals surface area contributed by atoms with Gasteiger partial charge in [0.05, 0.1) is 38.5 Å². The van der Waals surface area contributed by atoms with Crippen LogP contribution in [0.25, 0.3) is 0 Å². The molecule has 35 heavy (non-hydrogen) atoms. The van der Waals surface area contributed by atoms with Crippen molar-refractivity contribution in [2.45, 2.75) is 32.8 Å². The van der Waals surface area contributed by atoms with Crippen LogP contribution in [0.5, 0.6) is 0 Å². The van der Waals surface area contributed by atoms with Crippen LogP contribution < -0.4 is 10.6 Å². The maximum absolute atomic E-state index is 12.4. The number of hydrogen-bond acceptors (Lipinski definition) is 7. The number of nitrogens with zero attached hydrogens (tertiary/aromatic N) is 1. The van der Waals surface area contributed by atoms with E-state index in [2.05, 4.69) is 10.6 Å². The number of aliphatic hydroxyl groups excluding tert-OH is 1. The Balaban J connectivity index is 1.56. The van der Waals surface area contributed by atoms with Crippen molar-refractivity contribution < 1.29 is 33.7 Å². The second-order valence-corrected chi connectivity index (χ2v) is 9.28. The van der Waals surface area contributed by atoms with Crippen LogP contribution in [0.1, 0.15) is 26.3 Å². The average Bonchev–Trinajstić information content (AvgIpc) is 3.06. The molecule has 0 aliphatic carbocycles. The predicted octanol–water partition coefficient (Wildman–Crippen LogP) is 2.21. The van der Waals surface area contributed by atoms with Gasteiger partial charge in [-0.3, -0.25) is 9.59 Å². The van der Waals surface area contributed by atoms with Gasteiger partial charge in [0.15, 0.2) is 5.76 Å². The molecule has 11 heteroatoms. The summed E-state index contributed by atoms with van der Waals surface area (Å²) in [6.45, 7) is 7.42. The van der Waals surface area contributed by atoms with E-state index in [1.807, 2.05) is 12.1 Å². The smallest absolute Gasteiger partial charge is 0.407 e. The third-order valence-corrected chi connectivity index (χ3v) is 5.06. The van der Waals surface area contributed by atoms with Crippen molar-refractivity contribution >= 4 is 29.5 Å². The number of benzene rings is 1. The summed E-state index contributed by atoms with van der Waals surface area (Å²) >= 11 is 5.86. The maximum atomic E-state index is 12.4. The fraction of sp³-hybridized carbons (Fsp3) is 0.542. The van der Waals surface area contributed by atoms with Gasteiger partial charge in [0.2, 0.25) is 0 Å². The molecule has 0 unspecified atom stereocenters. The molecule has 0 saturated heterocycles. The highest BCUT2D eigenvalue weighted by molar-refractivity contribution is 6.30. The summed E-state index contributed by atoms with van der Waals surface area (Å²) in [5.74, 6) is -1.60. The molecule has 0 spiro atoms. The number of nitrogens with one attached hydrogen (secondary N) is 2. The lowest BCUT2D eigenvalue weighted by Gasteiger charge is -2.19. The Morgan fingerprint density at radius 1 is 1.03 bits per heavy atom. The molecule has 194 valence electrons. The Hall–Kier alpha value is -2.82. The summed E-state index contributed by atoms with van der Waals surface area (Å²) < 4.78 is 15.9. The summed E-state index contributed by atoms with van der Waals surface area (Å²) in [5, 5.41) is 16.0. The van der Waals surface area contributed by atoms with Crippen LogP contribution in [0.15, 0.2) is 35.6 Å². The zero-order valence-corrected chi connectivity index (χ0v) is 21.2. The SMILES string of the molecule is CC(C)(C)OC(=O)NCCOCCOCCN1CC(C(=O)NCCc2ccc(Cl)cc2)=C(O)C1=O. The lowest BCUT2D eigenvalue weighted by Crippen LogP contribution is -2.34. The number of alkyl carbamates (subject to hydrolysis) is 1. The van der Waals surface area contributed by atoms with Gasteiger partial charge < -0.3 is 34.9 Å². The number of amides is 3. The monoisotopic (exact) mass is 511 g/mol. The summed E-state index contributed by atoms with van der Waals surface area (Å²) in [4.78, 5) is 37.5. The van der Waals surface area contributed by atoms with Gasteiger partial charge in [0.25, 0.3) is 11.8 Å². The molecule has 1 aromatic carbocycles. The van der Waals surface area contributed by atoms with Crippen LogP contribution in [-0.2, 0) is 30.2 Å². The second kappa shape index (κ2) is 13.9. The molecule has 2 rings (SSSR count). The van der Waals surface area contributed by atoms with Crippen LogP contribution in [0, 0.1) is 0 Å². The Morgan fingerprint density at radius 2 is 1.69 bits per heavy atom. The average molecular weight is 512 g/mol. The topological polar surface area (TPSA) is 126 Å². The predicted molar refractivity (Wildman–Crippen MR) is 130 cm³/mol. The van der Waals surface area contributed by atoms with Crippen molar-refractivity contribution in [1.82, 2.24) is 15.5 Å². The quantitative estimate of drug-likeness (QED) is 0.346. The Kier molecular flexibility index (Phi) is 11.3. The van der Waals surface area contributed by atoms with E-state index in [0.717, 1.165) is 5.56 Å². The second-order valence-electron chi connectivity index (χ2n) is 8.84. The van der Waals surface area contributed by atoms with Crippen LogP contribution in [0.4, 0.5) is 4.79 Å².